The zero-order valence-electron chi connectivity index (χ0n) is 25.8. The van der Waals surface area contributed by atoms with Crippen molar-refractivity contribution in [2.75, 3.05) is 40.5 Å². The van der Waals surface area contributed by atoms with E-state index in [0.29, 0.717) is 34.8 Å². The van der Waals surface area contributed by atoms with E-state index in [9.17, 15) is 21.6 Å². The van der Waals surface area contributed by atoms with Gasteiger partial charge in [0.25, 0.3) is 0 Å². The molecule has 1 fully saturated rings. The lowest BCUT2D eigenvalue weighted by Crippen LogP contribution is -2.34. The topological polar surface area (TPSA) is 113 Å². The van der Waals surface area contributed by atoms with Gasteiger partial charge >= 0.3 is 6.18 Å². The molecule has 2 heterocycles. The quantitative estimate of drug-likeness (QED) is 0.174. The second kappa shape index (κ2) is 13.7. The summed E-state index contributed by atoms with van der Waals surface area (Å²) in [5.41, 5.74) is -1.09. The third-order valence-corrected chi connectivity index (χ3v) is 9.00. The molecule has 1 aliphatic rings. The van der Waals surface area contributed by atoms with Crippen molar-refractivity contribution in [1.29, 1.82) is 0 Å². The van der Waals surface area contributed by atoms with Gasteiger partial charge in [0.05, 0.1) is 36.8 Å². The van der Waals surface area contributed by atoms with Crippen molar-refractivity contribution < 1.29 is 40.5 Å². The van der Waals surface area contributed by atoms with Crippen molar-refractivity contribution in [2.24, 2.45) is 11.1 Å². The number of hydrogen-bond acceptors (Lipinski definition) is 8. The fraction of sp³-hybridized carbons (Fsp3) is 0.364. The van der Waals surface area contributed by atoms with Crippen LogP contribution in [0.4, 0.5) is 13.2 Å². The zero-order valence-corrected chi connectivity index (χ0v) is 26.6. The minimum atomic E-state index is -5.00. The number of aromatic nitrogens is 1. The maximum Gasteiger partial charge on any atom is 0.418 e. The number of benzene rings is 3. The molecule has 0 spiro atoms. The van der Waals surface area contributed by atoms with Gasteiger partial charge in [0.15, 0.2) is 23.0 Å². The van der Waals surface area contributed by atoms with Gasteiger partial charge in [-0.3, -0.25) is 4.98 Å². The highest BCUT2D eigenvalue weighted by Gasteiger charge is 2.39. The van der Waals surface area contributed by atoms with Crippen molar-refractivity contribution in [3.05, 3.63) is 66.4 Å². The number of primary sulfonamides is 1. The maximum absolute atomic E-state index is 14.1. The number of alkyl halides is 3. The molecule has 2 N–H and O–H groups in total. The Morgan fingerprint density at radius 2 is 1.65 bits per heavy atom. The normalized spacial score (nSPS) is 14.8. The first-order valence-electron chi connectivity index (χ1n) is 14.8. The minimum absolute atomic E-state index is 0.0555. The second-order valence-electron chi connectivity index (χ2n) is 11.2. The van der Waals surface area contributed by atoms with Crippen LogP contribution >= 0.6 is 0 Å². The summed E-state index contributed by atoms with van der Waals surface area (Å²) in [6, 6.07) is 12.5. The number of rotatable bonds is 11. The molecule has 13 heteroatoms. The zero-order chi connectivity index (χ0) is 33.1. The van der Waals surface area contributed by atoms with Crippen LogP contribution in [0.1, 0.15) is 31.7 Å². The molecule has 0 saturated carbocycles. The molecule has 3 aromatic carbocycles. The Morgan fingerprint density at radius 1 is 0.935 bits per heavy atom. The third kappa shape index (κ3) is 7.48. The number of nitrogens with zero attached hydrogens (tertiary/aromatic N) is 2. The van der Waals surface area contributed by atoms with Gasteiger partial charge in [-0.05, 0) is 79.7 Å². The molecule has 1 aliphatic heterocycles. The Kier molecular flexibility index (Phi) is 9.94. The fourth-order valence-corrected chi connectivity index (χ4v) is 6.36. The molecule has 0 radical (unpaired) electrons. The van der Waals surface area contributed by atoms with Crippen LogP contribution in [0.15, 0.2) is 65.7 Å². The average Bonchev–Trinajstić information content (AvgIpc) is 3.02. The summed E-state index contributed by atoms with van der Waals surface area (Å²) in [6.45, 7) is 6.00. The summed E-state index contributed by atoms with van der Waals surface area (Å²) in [7, 11) is -1.77. The van der Waals surface area contributed by atoms with Crippen molar-refractivity contribution >= 4 is 20.9 Å². The van der Waals surface area contributed by atoms with Crippen LogP contribution in [0.5, 0.6) is 28.7 Å². The van der Waals surface area contributed by atoms with Crippen LogP contribution in [-0.2, 0) is 16.2 Å². The largest absolute Gasteiger partial charge is 0.493 e. The van der Waals surface area contributed by atoms with E-state index in [1.165, 1.54) is 50.3 Å². The van der Waals surface area contributed by atoms with Gasteiger partial charge in [0.2, 0.25) is 10.0 Å². The Bertz CT molecular complexity index is 1810. The van der Waals surface area contributed by atoms with Crippen LogP contribution < -0.4 is 24.1 Å². The molecule has 4 aromatic rings. The number of fused-ring (bicyclic) bond motifs is 1. The molecule has 9 nitrogen and oxygen atoms in total. The average molecular weight is 660 g/mol. The Morgan fingerprint density at radius 3 is 2.33 bits per heavy atom. The van der Waals surface area contributed by atoms with Crippen LogP contribution in [0, 0.1) is 5.92 Å². The molecular formula is C33H36F3N3O6S. The van der Waals surface area contributed by atoms with E-state index in [4.69, 9.17) is 24.1 Å². The van der Waals surface area contributed by atoms with Crippen LogP contribution in [0.2, 0.25) is 0 Å². The maximum atomic E-state index is 14.1. The van der Waals surface area contributed by atoms with E-state index in [1.807, 2.05) is 0 Å². The van der Waals surface area contributed by atoms with Crippen molar-refractivity contribution in [3.8, 4) is 39.9 Å². The van der Waals surface area contributed by atoms with Gasteiger partial charge in [-0.1, -0.05) is 25.1 Å². The summed E-state index contributed by atoms with van der Waals surface area (Å²) < 4.78 is 89.6. The minimum Gasteiger partial charge on any atom is -0.493 e. The molecular weight excluding hydrogens is 623 g/mol. The summed E-state index contributed by atoms with van der Waals surface area (Å²) >= 11 is 0. The van der Waals surface area contributed by atoms with Crippen LogP contribution in [0.25, 0.3) is 22.0 Å². The number of halogens is 3. The molecule has 1 saturated heterocycles. The lowest BCUT2D eigenvalue weighted by molar-refractivity contribution is -0.139. The van der Waals surface area contributed by atoms with E-state index in [1.54, 1.807) is 31.5 Å². The van der Waals surface area contributed by atoms with Gasteiger partial charge in [0.1, 0.15) is 5.75 Å². The predicted molar refractivity (Wildman–Crippen MR) is 168 cm³/mol. The molecule has 46 heavy (non-hydrogen) atoms. The number of pyridine rings is 1. The summed E-state index contributed by atoms with van der Waals surface area (Å²) in [4.78, 5) is 5.91. The van der Waals surface area contributed by atoms with E-state index < -0.39 is 26.7 Å². The number of nitrogens with two attached hydrogens (primary N) is 1. The number of sulfonamides is 1. The number of piperidine rings is 1. The Balaban J connectivity index is 1.40. The SMILES string of the molecule is COc1cc2c(Oc3ccc(-c4cccc(S(N)(=O)=O)c4C(F)(F)F)cc3OC)ccnc2cc1OCCCN1CCC(C)CC1. The fourth-order valence-electron chi connectivity index (χ4n) is 5.58. The van der Waals surface area contributed by atoms with Crippen LogP contribution in [-0.4, -0.2) is 58.8 Å². The van der Waals surface area contributed by atoms with E-state index >= 15 is 0 Å². The molecule has 0 unspecified atom stereocenters. The number of methoxy groups -OCH3 is 2. The first-order valence-corrected chi connectivity index (χ1v) is 16.3. The van der Waals surface area contributed by atoms with E-state index in [2.05, 4.69) is 16.8 Å². The van der Waals surface area contributed by atoms with Gasteiger partial charge in [-0.2, -0.15) is 13.2 Å². The smallest absolute Gasteiger partial charge is 0.418 e. The van der Waals surface area contributed by atoms with E-state index in [0.717, 1.165) is 38.0 Å². The summed E-state index contributed by atoms with van der Waals surface area (Å²) in [5.74, 6) is 2.55. The van der Waals surface area contributed by atoms with Crippen molar-refractivity contribution in [3.63, 3.8) is 0 Å². The molecule has 5 rings (SSSR count). The Hall–Kier alpha value is -4.07. The monoisotopic (exact) mass is 659 g/mol. The molecule has 0 bridgehead atoms. The standard InChI is InChI=1S/C33H36F3N3O6S/c1-21-11-15-39(16-12-21)14-5-17-44-30-20-25-24(19-29(30)43-3)26(10-13-38-25)45-27-9-8-22(18-28(27)42-2)23-6-4-7-31(46(37,40)41)32(23)33(34,35)36/h4,6-10,13,18-21H,5,11-12,14-17H2,1-3H3,(H2,37,40,41). The molecule has 0 aliphatic carbocycles. The second-order valence-corrected chi connectivity index (χ2v) is 12.8. The van der Waals surface area contributed by atoms with Crippen molar-refractivity contribution in [1.82, 2.24) is 9.88 Å². The lowest BCUT2D eigenvalue weighted by Gasteiger charge is -2.30. The lowest BCUT2D eigenvalue weighted by atomic mass is 9.98. The van der Waals surface area contributed by atoms with E-state index in [-0.39, 0.29) is 22.6 Å². The van der Waals surface area contributed by atoms with Gasteiger partial charge in [0, 0.05) is 24.2 Å². The van der Waals surface area contributed by atoms with Crippen molar-refractivity contribution in [2.45, 2.75) is 37.3 Å². The highest BCUT2D eigenvalue weighted by molar-refractivity contribution is 7.89. The molecule has 0 atom stereocenters. The van der Waals surface area contributed by atoms with Gasteiger partial charge in [-0.25, -0.2) is 13.6 Å². The Labute approximate surface area is 266 Å². The number of ether oxygens (including phenoxy) is 4. The first kappa shape index (κ1) is 33.3. The first-order chi connectivity index (χ1) is 21.9. The predicted octanol–water partition coefficient (Wildman–Crippen LogP) is 6.88. The summed E-state index contributed by atoms with van der Waals surface area (Å²) in [5, 5.41) is 5.72. The number of hydrogen-bond donors (Lipinski definition) is 1. The molecule has 0 amide bonds. The van der Waals surface area contributed by atoms with Gasteiger partial charge < -0.3 is 23.8 Å². The van der Waals surface area contributed by atoms with Gasteiger partial charge in [-0.15, -0.1) is 0 Å². The highest BCUT2D eigenvalue weighted by Crippen LogP contribution is 2.44. The third-order valence-electron chi connectivity index (χ3n) is 8.05. The number of likely N-dealkylation sites (tertiary alicyclic amines) is 1. The van der Waals surface area contributed by atoms with Crippen LogP contribution in [0.3, 0.4) is 0 Å². The molecule has 246 valence electrons. The summed E-state index contributed by atoms with van der Waals surface area (Å²) in [6.07, 6.45) is -0.108. The highest BCUT2D eigenvalue weighted by atomic mass is 32.2. The molecule has 1 aromatic heterocycles.